The van der Waals surface area contributed by atoms with E-state index in [1.54, 1.807) is 24.3 Å². The van der Waals surface area contributed by atoms with Crippen LogP contribution in [0.3, 0.4) is 0 Å². The number of aldehydes is 1. The third-order valence-corrected chi connectivity index (χ3v) is 7.69. The average molecular weight is 464 g/mol. The lowest BCUT2D eigenvalue weighted by atomic mass is 9.80. The number of carbonyl (C=O) groups excluding carboxylic acids is 1. The lowest BCUT2D eigenvalue weighted by molar-refractivity contribution is -0.139. The number of rotatable bonds is 10. The molecule has 166 valence electrons. The van der Waals surface area contributed by atoms with Crippen molar-refractivity contribution in [1.82, 2.24) is 4.72 Å². The second-order valence-corrected chi connectivity index (χ2v) is 10.4. The van der Waals surface area contributed by atoms with Crippen LogP contribution in [0.15, 0.2) is 53.4 Å². The number of aliphatic carboxylic acids is 1. The minimum atomic E-state index is -3.64. The molecule has 1 unspecified atom stereocenters. The molecule has 1 aliphatic rings. The molecule has 0 amide bonds. The molecule has 0 bridgehead atoms. The molecule has 3 rings (SSSR count). The zero-order valence-electron chi connectivity index (χ0n) is 17.1. The van der Waals surface area contributed by atoms with Gasteiger partial charge in [-0.3, -0.25) is 4.79 Å². The molecule has 8 heteroatoms. The minimum Gasteiger partial charge on any atom is -0.481 e. The van der Waals surface area contributed by atoms with Crippen LogP contribution in [-0.4, -0.2) is 32.3 Å². The van der Waals surface area contributed by atoms with Gasteiger partial charge in [-0.05, 0) is 60.1 Å². The summed E-state index contributed by atoms with van der Waals surface area (Å²) in [6, 6.07) is 13.3. The van der Waals surface area contributed by atoms with E-state index in [0.717, 1.165) is 31.2 Å². The predicted molar refractivity (Wildman–Crippen MR) is 119 cm³/mol. The van der Waals surface area contributed by atoms with Crippen molar-refractivity contribution in [2.24, 2.45) is 5.41 Å². The Balaban J connectivity index is 1.72. The molecular formula is C23H26ClNO5S. The van der Waals surface area contributed by atoms with E-state index in [4.69, 9.17) is 11.6 Å². The molecule has 1 saturated carbocycles. The second-order valence-electron chi connectivity index (χ2n) is 8.20. The molecule has 1 fully saturated rings. The Kier molecular flexibility index (Phi) is 7.51. The molecule has 0 heterocycles. The van der Waals surface area contributed by atoms with Crippen molar-refractivity contribution in [3.8, 4) is 0 Å². The fourth-order valence-electron chi connectivity index (χ4n) is 4.26. The number of benzene rings is 2. The summed E-state index contributed by atoms with van der Waals surface area (Å²) >= 11 is 5.86. The van der Waals surface area contributed by atoms with E-state index < -0.39 is 21.9 Å². The Bertz CT molecular complexity index is 1010. The standard InChI is InChI=1S/C23H26ClNO5S/c24-19-7-9-20(10-8-19)31(29,30)25-16-23(12-1-2-13-23)15-17-3-5-18(6-4-17)21(11-14-26)22(27)28/h3-10,14,21,25H,1-2,11-13,15-16H2,(H,27,28). The number of hydrogen-bond donors (Lipinski definition) is 2. The van der Waals surface area contributed by atoms with Gasteiger partial charge in [0.25, 0.3) is 0 Å². The summed E-state index contributed by atoms with van der Waals surface area (Å²) in [7, 11) is -3.64. The molecule has 0 saturated heterocycles. The van der Waals surface area contributed by atoms with E-state index in [1.165, 1.54) is 12.1 Å². The zero-order valence-corrected chi connectivity index (χ0v) is 18.7. The van der Waals surface area contributed by atoms with Gasteiger partial charge in [-0.1, -0.05) is 48.7 Å². The second kappa shape index (κ2) is 9.94. The number of nitrogens with one attached hydrogen (secondary N) is 1. The first-order valence-electron chi connectivity index (χ1n) is 10.3. The smallest absolute Gasteiger partial charge is 0.311 e. The van der Waals surface area contributed by atoms with Gasteiger partial charge in [0.05, 0.1) is 10.8 Å². The maximum absolute atomic E-state index is 12.7. The van der Waals surface area contributed by atoms with Crippen LogP contribution >= 0.6 is 11.6 Å². The van der Waals surface area contributed by atoms with Crippen LogP contribution in [0, 0.1) is 5.41 Å². The van der Waals surface area contributed by atoms with Crippen LogP contribution in [0.1, 0.15) is 49.1 Å². The molecule has 6 nitrogen and oxygen atoms in total. The largest absolute Gasteiger partial charge is 0.481 e. The van der Waals surface area contributed by atoms with Crippen molar-refractivity contribution in [2.45, 2.75) is 49.3 Å². The molecule has 0 radical (unpaired) electrons. The lowest BCUT2D eigenvalue weighted by Crippen LogP contribution is -2.37. The number of carboxylic acid groups (broad SMARTS) is 1. The first-order valence-corrected chi connectivity index (χ1v) is 12.1. The number of carboxylic acids is 1. The number of carbonyl (C=O) groups is 2. The van der Waals surface area contributed by atoms with Crippen molar-refractivity contribution in [2.75, 3.05) is 6.54 Å². The van der Waals surface area contributed by atoms with Gasteiger partial charge in [0, 0.05) is 18.0 Å². The Morgan fingerprint density at radius 1 is 1.10 bits per heavy atom. The molecule has 1 atom stereocenters. The van der Waals surface area contributed by atoms with Crippen LogP contribution in [-0.2, 0) is 26.0 Å². The molecule has 0 spiro atoms. The van der Waals surface area contributed by atoms with Crippen molar-refractivity contribution < 1.29 is 23.1 Å². The van der Waals surface area contributed by atoms with E-state index in [2.05, 4.69) is 4.72 Å². The third kappa shape index (κ3) is 5.93. The van der Waals surface area contributed by atoms with Gasteiger partial charge >= 0.3 is 5.97 Å². The first kappa shape index (κ1) is 23.4. The molecule has 1 aliphatic carbocycles. The molecule has 2 aromatic carbocycles. The Morgan fingerprint density at radius 2 is 1.71 bits per heavy atom. The number of hydrogen-bond acceptors (Lipinski definition) is 4. The van der Waals surface area contributed by atoms with Crippen LogP contribution in [0.2, 0.25) is 5.02 Å². The summed E-state index contributed by atoms with van der Waals surface area (Å²) in [5.74, 6) is -1.87. The van der Waals surface area contributed by atoms with E-state index >= 15 is 0 Å². The summed E-state index contributed by atoms with van der Waals surface area (Å²) in [5, 5.41) is 9.80. The third-order valence-electron chi connectivity index (χ3n) is 6.02. The molecule has 2 N–H and O–H groups in total. The SMILES string of the molecule is O=CCC(C(=O)O)c1ccc(CC2(CNS(=O)(=O)c3ccc(Cl)cc3)CCCC2)cc1. The van der Waals surface area contributed by atoms with E-state index in [9.17, 15) is 23.1 Å². The van der Waals surface area contributed by atoms with Crippen molar-refractivity contribution in [1.29, 1.82) is 0 Å². The Hall–Kier alpha value is -2.22. The van der Waals surface area contributed by atoms with Crippen molar-refractivity contribution in [3.05, 3.63) is 64.7 Å². The normalized spacial score (nSPS) is 16.7. The van der Waals surface area contributed by atoms with Crippen molar-refractivity contribution in [3.63, 3.8) is 0 Å². The first-order chi connectivity index (χ1) is 14.7. The van der Waals surface area contributed by atoms with Gasteiger partial charge in [0.2, 0.25) is 10.0 Å². The molecular weight excluding hydrogens is 438 g/mol. The number of halogens is 1. The fourth-order valence-corrected chi connectivity index (χ4v) is 5.55. The fraction of sp³-hybridized carbons (Fsp3) is 0.391. The van der Waals surface area contributed by atoms with Gasteiger partial charge in [0.1, 0.15) is 6.29 Å². The van der Waals surface area contributed by atoms with Crippen molar-refractivity contribution >= 4 is 33.9 Å². The predicted octanol–water partition coefficient (Wildman–Crippen LogP) is 4.18. The van der Waals surface area contributed by atoms with Gasteiger partial charge in [-0.25, -0.2) is 13.1 Å². The highest BCUT2D eigenvalue weighted by atomic mass is 35.5. The summed E-state index contributed by atoms with van der Waals surface area (Å²) in [6.07, 6.45) is 5.17. The van der Waals surface area contributed by atoms with Gasteiger partial charge in [-0.2, -0.15) is 0 Å². The van der Waals surface area contributed by atoms with Gasteiger partial charge in [0.15, 0.2) is 0 Å². The molecule has 0 aromatic heterocycles. The minimum absolute atomic E-state index is 0.0644. The highest BCUT2D eigenvalue weighted by Gasteiger charge is 2.35. The summed E-state index contributed by atoms with van der Waals surface area (Å²) < 4.78 is 28.2. The highest BCUT2D eigenvalue weighted by molar-refractivity contribution is 7.89. The maximum atomic E-state index is 12.7. The maximum Gasteiger partial charge on any atom is 0.311 e. The number of sulfonamides is 1. The zero-order chi connectivity index (χ0) is 22.5. The quantitative estimate of drug-likeness (QED) is 0.515. The van der Waals surface area contributed by atoms with Crippen LogP contribution in [0.25, 0.3) is 0 Å². The monoisotopic (exact) mass is 463 g/mol. The van der Waals surface area contributed by atoms with E-state index in [1.807, 2.05) is 12.1 Å². The van der Waals surface area contributed by atoms with Crippen LogP contribution in [0.4, 0.5) is 0 Å². The molecule has 2 aromatic rings. The topological polar surface area (TPSA) is 101 Å². The Labute approximate surface area is 187 Å². The van der Waals surface area contributed by atoms with E-state index in [0.29, 0.717) is 29.8 Å². The molecule has 31 heavy (non-hydrogen) atoms. The summed E-state index contributed by atoms with van der Waals surface area (Å²) in [6.45, 7) is 0.336. The van der Waals surface area contributed by atoms with Gasteiger partial charge < -0.3 is 9.90 Å². The lowest BCUT2D eigenvalue weighted by Gasteiger charge is -2.29. The molecule has 0 aliphatic heterocycles. The van der Waals surface area contributed by atoms with Crippen LogP contribution < -0.4 is 4.72 Å². The van der Waals surface area contributed by atoms with Gasteiger partial charge in [-0.15, -0.1) is 0 Å². The van der Waals surface area contributed by atoms with Crippen LogP contribution in [0.5, 0.6) is 0 Å². The highest BCUT2D eigenvalue weighted by Crippen LogP contribution is 2.41. The average Bonchev–Trinajstić information content (AvgIpc) is 3.20. The Morgan fingerprint density at radius 3 is 2.26 bits per heavy atom. The van der Waals surface area contributed by atoms with E-state index in [-0.39, 0.29) is 16.7 Å². The summed E-state index contributed by atoms with van der Waals surface area (Å²) in [4.78, 5) is 22.4. The summed E-state index contributed by atoms with van der Waals surface area (Å²) in [5.41, 5.74) is 1.43.